The van der Waals surface area contributed by atoms with E-state index in [0.29, 0.717) is 12.1 Å². The predicted octanol–water partition coefficient (Wildman–Crippen LogP) is 0.982. The number of rotatable bonds is 3. The fourth-order valence-electron chi connectivity index (χ4n) is 1.96. The van der Waals surface area contributed by atoms with Gasteiger partial charge in [-0.05, 0) is 19.8 Å². The molecule has 0 amide bonds. The van der Waals surface area contributed by atoms with Gasteiger partial charge < -0.3 is 15.4 Å². The monoisotopic (exact) mass is 222 g/mol. The zero-order valence-corrected chi connectivity index (χ0v) is 9.81. The van der Waals surface area contributed by atoms with Crippen molar-refractivity contribution >= 4 is 11.8 Å². The molecule has 1 fully saturated rings. The molecule has 1 saturated heterocycles. The van der Waals surface area contributed by atoms with Crippen LogP contribution in [0.15, 0.2) is 6.07 Å². The number of ether oxygens (including phenoxy) is 1. The Morgan fingerprint density at radius 3 is 3.00 bits per heavy atom. The van der Waals surface area contributed by atoms with Crippen LogP contribution in [0.2, 0.25) is 0 Å². The van der Waals surface area contributed by atoms with Gasteiger partial charge in [0.25, 0.3) is 0 Å². The average molecular weight is 222 g/mol. The smallest absolute Gasteiger partial charge is 0.222 e. The summed E-state index contributed by atoms with van der Waals surface area (Å²) in [5, 5.41) is 0. The Balaban J connectivity index is 2.04. The maximum absolute atomic E-state index is 5.63. The minimum absolute atomic E-state index is 0.321. The standard InChI is InChI=1S/C11H18N4O/c1-8-6-10(14-11(12)13-8)15(2)7-9-4-3-5-16-9/h6,9H,3-5,7H2,1-2H3,(H2,12,13,14). The van der Waals surface area contributed by atoms with Crippen molar-refractivity contribution in [2.24, 2.45) is 0 Å². The number of aromatic nitrogens is 2. The van der Waals surface area contributed by atoms with Gasteiger partial charge in [-0.15, -0.1) is 0 Å². The molecule has 5 heteroatoms. The number of anilines is 2. The van der Waals surface area contributed by atoms with Gasteiger partial charge in [0.1, 0.15) is 5.82 Å². The van der Waals surface area contributed by atoms with E-state index in [0.717, 1.165) is 37.5 Å². The van der Waals surface area contributed by atoms with Crippen LogP contribution in [0.5, 0.6) is 0 Å². The quantitative estimate of drug-likeness (QED) is 0.826. The Hall–Kier alpha value is -1.36. The summed E-state index contributed by atoms with van der Waals surface area (Å²) in [6.45, 7) is 3.65. The molecule has 0 bridgehead atoms. The van der Waals surface area contributed by atoms with Crippen LogP contribution in [0.25, 0.3) is 0 Å². The molecule has 5 nitrogen and oxygen atoms in total. The van der Waals surface area contributed by atoms with E-state index in [9.17, 15) is 0 Å². The molecule has 2 heterocycles. The Labute approximate surface area is 95.6 Å². The van der Waals surface area contributed by atoms with E-state index >= 15 is 0 Å². The van der Waals surface area contributed by atoms with Crippen LogP contribution in [0.4, 0.5) is 11.8 Å². The molecule has 2 N–H and O–H groups in total. The van der Waals surface area contributed by atoms with Crippen LogP contribution in [0.1, 0.15) is 18.5 Å². The number of hydrogen-bond acceptors (Lipinski definition) is 5. The number of hydrogen-bond donors (Lipinski definition) is 1. The largest absolute Gasteiger partial charge is 0.376 e. The van der Waals surface area contributed by atoms with Gasteiger partial charge in [0.2, 0.25) is 5.95 Å². The first-order valence-electron chi connectivity index (χ1n) is 5.59. The lowest BCUT2D eigenvalue weighted by Crippen LogP contribution is -2.29. The number of nitrogens with zero attached hydrogens (tertiary/aromatic N) is 3. The summed E-state index contributed by atoms with van der Waals surface area (Å²) in [5.41, 5.74) is 6.52. The van der Waals surface area contributed by atoms with E-state index in [2.05, 4.69) is 14.9 Å². The number of likely N-dealkylation sites (N-methyl/N-ethyl adjacent to an activating group) is 1. The minimum atomic E-state index is 0.321. The minimum Gasteiger partial charge on any atom is -0.376 e. The number of nitrogens with two attached hydrogens (primary N) is 1. The molecule has 0 aromatic carbocycles. The van der Waals surface area contributed by atoms with E-state index in [1.165, 1.54) is 0 Å². The molecular weight excluding hydrogens is 204 g/mol. The summed E-state index contributed by atoms with van der Waals surface area (Å²) in [6.07, 6.45) is 2.61. The van der Waals surface area contributed by atoms with Gasteiger partial charge in [0, 0.05) is 32.0 Å². The van der Waals surface area contributed by atoms with E-state index in [-0.39, 0.29) is 0 Å². The zero-order chi connectivity index (χ0) is 11.5. The molecule has 0 radical (unpaired) electrons. The first-order chi connectivity index (χ1) is 7.65. The lowest BCUT2D eigenvalue weighted by molar-refractivity contribution is 0.116. The van der Waals surface area contributed by atoms with Crippen LogP contribution in [0.3, 0.4) is 0 Å². The third kappa shape index (κ3) is 2.61. The first-order valence-corrected chi connectivity index (χ1v) is 5.59. The molecule has 0 spiro atoms. The predicted molar refractivity (Wildman–Crippen MR) is 63.4 cm³/mol. The van der Waals surface area contributed by atoms with Gasteiger partial charge in [0.05, 0.1) is 6.10 Å². The Bertz CT molecular complexity index is 343. The van der Waals surface area contributed by atoms with Crippen molar-refractivity contribution in [3.8, 4) is 0 Å². The summed E-state index contributed by atoms with van der Waals surface area (Å²) in [4.78, 5) is 10.3. The topological polar surface area (TPSA) is 64.3 Å². The number of nitrogen functional groups attached to an aromatic ring is 1. The molecule has 16 heavy (non-hydrogen) atoms. The van der Waals surface area contributed by atoms with E-state index < -0.39 is 0 Å². The Morgan fingerprint density at radius 2 is 2.38 bits per heavy atom. The third-order valence-corrected chi connectivity index (χ3v) is 2.75. The second kappa shape index (κ2) is 4.65. The molecule has 1 aromatic heterocycles. The Morgan fingerprint density at radius 1 is 1.56 bits per heavy atom. The molecule has 88 valence electrons. The first kappa shape index (κ1) is 11.1. The van der Waals surface area contributed by atoms with Crippen LogP contribution in [0, 0.1) is 6.92 Å². The molecule has 0 saturated carbocycles. The normalized spacial score (nSPS) is 20.0. The highest BCUT2D eigenvalue weighted by Gasteiger charge is 2.18. The van der Waals surface area contributed by atoms with Crippen molar-refractivity contribution < 1.29 is 4.74 Å². The molecule has 2 rings (SSSR count). The summed E-state index contributed by atoms with van der Waals surface area (Å²) in [6, 6.07) is 1.94. The second-order valence-electron chi connectivity index (χ2n) is 4.24. The van der Waals surface area contributed by atoms with Gasteiger partial charge >= 0.3 is 0 Å². The van der Waals surface area contributed by atoms with Crippen LogP contribution < -0.4 is 10.6 Å². The summed E-state index contributed by atoms with van der Waals surface area (Å²) in [5.74, 6) is 1.19. The third-order valence-electron chi connectivity index (χ3n) is 2.75. The van der Waals surface area contributed by atoms with Crippen LogP contribution >= 0.6 is 0 Å². The van der Waals surface area contributed by atoms with Crippen molar-refractivity contribution in [3.05, 3.63) is 11.8 Å². The zero-order valence-electron chi connectivity index (χ0n) is 9.81. The molecule has 1 aromatic rings. The summed E-state index contributed by atoms with van der Waals surface area (Å²) in [7, 11) is 2.00. The fourth-order valence-corrected chi connectivity index (χ4v) is 1.96. The van der Waals surface area contributed by atoms with Crippen molar-refractivity contribution in [2.75, 3.05) is 30.8 Å². The highest BCUT2D eigenvalue weighted by Crippen LogP contribution is 2.17. The molecule has 1 aliphatic rings. The van der Waals surface area contributed by atoms with Crippen LogP contribution in [-0.4, -0.2) is 36.3 Å². The SMILES string of the molecule is Cc1cc(N(C)CC2CCCO2)nc(N)n1. The highest BCUT2D eigenvalue weighted by molar-refractivity contribution is 5.42. The molecule has 1 unspecified atom stereocenters. The van der Waals surface area contributed by atoms with E-state index in [1.807, 2.05) is 20.0 Å². The van der Waals surface area contributed by atoms with Gasteiger partial charge in [0.15, 0.2) is 0 Å². The lowest BCUT2D eigenvalue weighted by Gasteiger charge is -2.21. The van der Waals surface area contributed by atoms with Crippen molar-refractivity contribution in [1.82, 2.24) is 9.97 Å². The van der Waals surface area contributed by atoms with Crippen molar-refractivity contribution in [1.29, 1.82) is 0 Å². The maximum atomic E-state index is 5.63. The molecule has 1 aliphatic heterocycles. The van der Waals surface area contributed by atoms with Crippen molar-refractivity contribution in [2.45, 2.75) is 25.9 Å². The maximum Gasteiger partial charge on any atom is 0.222 e. The number of aryl methyl sites for hydroxylation is 1. The van der Waals surface area contributed by atoms with Gasteiger partial charge in [-0.3, -0.25) is 0 Å². The molecule has 0 aliphatic carbocycles. The second-order valence-corrected chi connectivity index (χ2v) is 4.24. The van der Waals surface area contributed by atoms with E-state index in [4.69, 9.17) is 10.5 Å². The van der Waals surface area contributed by atoms with Gasteiger partial charge in [-0.1, -0.05) is 0 Å². The van der Waals surface area contributed by atoms with Gasteiger partial charge in [-0.2, -0.15) is 4.98 Å². The summed E-state index contributed by atoms with van der Waals surface area (Å²) >= 11 is 0. The Kier molecular flexibility index (Phi) is 3.24. The fraction of sp³-hybridized carbons (Fsp3) is 0.636. The van der Waals surface area contributed by atoms with Gasteiger partial charge in [-0.25, -0.2) is 4.98 Å². The average Bonchev–Trinajstić information content (AvgIpc) is 2.68. The van der Waals surface area contributed by atoms with Crippen LogP contribution in [-0.2, 0) is 4.74 Å². The van der Waals surface area contributed by atoms with E-state index in [1.54, 1.807) is 0 Å². The van der Waals surface area contributed by atoms with Crippen molar-refractivity contribution in [3.63, 3.8) is 0 Å². The molecular formula is C11H18N4O. The summed E-state index contributed by atoms with van der Waals surface area (Å²) < 4.78 is 5.59. The molecule has 1 atom stereocenters. The highest BCUT2D eigenvalue weighted by atomic mass is 16.5. The lowest BCUT2D eigenvalue weighted by atomic mass is 10.2.